The minimum absolute atomic E-state index is 0.0280. The van der Waals surface area contributed by atoms with Crippen molar-refractivity contribution in [1.29, 1.82) is 0 Å². The minimum atomic E-state index is -1.51. The Morgan fingerprint density at radius 2 is 1.60 bits per heavy atom. The van der Waals surface area contributed by atoms with Gasteiger partial charge in [0.05, 0.1) is 36.1 Å². The third-order valence-electron chi connectivity index (χ3n) is 12.1. The quantitative estimate of drug-likeness (QED) is 0.297. The lowest BCUT2D eigenvalue weighted by molar-refractivity contribution is -0.323. The number of ether oxygens (including phenoxy) is 4. The first-order valence-electron chi connectivity index (χ1n) is 16.8. The maximum absolute atomic E-state index is 14.1. The SMILES string of the molecule is CC[C@@H]1O[C@@]2([C@]3(C)C[C@H](C)[C@@H]([C@@H](CC)C(=O)[C@@H](C)[C@@H](O)[C@H](C)[C@H]4O[C@](C)(O)[C@H](CC)[C@H](O)[C@@H]4C)O3)O[C@]1(CC)C[C@H]2C. The number of aliphatic hydroxyl groups excluding tert-OH is 2. The van der Waals surface area contributed by atoms with E-state index in [1.165, 1.54) is 0 Å². The van der Waals surface area contributed by atoms with Gasteiger partial charge in [-0.3, -0.25) is 4.79 Å². The van der Waals surface area contributed by atoms with Gasteiger partial charge in [-0.25, -0.2) is 0 Å². The fourth-order valence-corrected chi connectivity index (χ4v) is 9.61. The average Bonchev–Trinajstić information content (AvgIpc) is 3.56. The maximum Gasteiger partial charge on any atom is 0.201 e. The average molecular weight is 597 g/mol. The Hall–Kier alpha value is -0.610. The molecular formula is C34H60O8. The highest BCUT2D eigenvalue weighted by Gasteiger charge is 2.73. The van der Waals surface area contributed by atoms with Gasteiger partial charge in [-0.1, -0.05) is 62.3 Å². The van der Waals surface area contributed by atoms with Gasteiger partial charge in [0, 0.05) is 35.5 Å². The second kappa shape index (κ2) is 12.0. The lowest BCUT2D eigenvalue weighted by Gasteiger charge is -2.50. The van der Waals surface area contributed by atoms with Crippen LogP contribution < -0.4 is 0 Å². The molecule has 4 aliphatic heterocycles. The number of rotatable bonds is 11. The van der Waals surface area contributed by atoms with Gasteiger partial charge in [0.1, 0.15) is 11.4 Å². The molecule has 16 atom stereocenters. The summed E-state index contributed by atoms with van der Waals surface area (Å²) in [5.41, 5.74) is -0.979. The second-order valence-corrected chi connectivity index (χ2v) is 14.9. The van der Waals surface area contributed by atoms with Crippen molar-refractivity contribution in [3.8, 4) is 0 Å². The van der Waals surface area contributed by atoms with E-state index in [2.05, 4.69) is 34.6 Å². The zero-order valence-electron chi connectivity index (χ0n) is 28.1. The molecule has 4 aliphatic rings. The van der Waals surface area contributed by atoms with Gasteiger partial charge >= 0.3 is 0 Å². The van der Waals surface area contributed by atoms with Crippen LogP contribution in [-0.4, -0.2) is 74.4 Å². The van der Waals surface area contributed by atoms with Gasteiger partial charge in [-0.2, -0.15) is 0 Å². The Balaban J connectivity index is 1.51. The zero-order valence-corrected chi connectivity index (χ0v) is 28.1. The van der Waals surface area contributed by atoms with Gasteiger partial charge in [-0.15, -0.1) is 0 Å². The first-order valence-corrected chi connectivity index (χ1v) is 16.8. The van der Waals surface area contributed by atoms with Gasteiger partial charge in [-0.05, 0) is 58.3 Å². The maximum atomic E-state index is 14.1. The van der Waals surface area contributed by atoms with Crippen LogP contribution in [0.15, 0.2) is 0 Å². The van der Waals surface area contributed by atoms with Crippen molar-refractivity contribution in [2.24, 2.45) is 41.4 Å². The molecule has 0 aliphatic carbocycles. The molecule has 0 radical (unpaired) electrons. The van der Waals surface area contributed by atoms with Crippen molar-refractivity contribution < 1.29 is 39.1 Å². The number of hydrogen-bond acceptors (Lipinski definition) is 8. The van der Waals surface area contributed by atoms with Crippen LogP contribution in [0.25, 0.3) is 0 Å². The highest BCUT2D eigenvalue weighted by molar-refractivity contribution is 5.84. The van der Waals surface area contributed by atoms with Crippen LogP contribution in [0, 0.1) is 41.4 Å². The lowest BCUT2D eigenvalue weighted by Crippen LogP contribution is -2.59. The van der Waals surface area contributed by atoms with Crippen LogP contribution in [0.4, 0.5) is 0 Å². The molecule has 0 aromatic rings. The van der Waals surface area contributed by atoms with Gasteiger partial charge < -0.3 is 34.3 Å². The second-order valence-electron chi connectivity index (χ2n) is 14.9. The van der Waals surface area contributed by atoms with Crippen molar-refractivity contribution in [1.82, 2.24) is 0 Å². The summed E-state index contributed by atoms with van der Waals surface area (Å²) in [6, 6.07) is 0. The van der Waals surface area contributed by atoms with E-state index in [4.69, 9.17) is 18.9 Å². The molecule has 4 heterocycles. The zero-order chi connectivity index (χ0) is 31.6. The largest absolute Gasteiger partial charge is 0.392 e. The molecule has 244 valence electrons. The summed E-state index contributed by atoms with van der Waals surface area (Å²) < 4.78 is 26.7. The van der Waals surface area contributed by atoms with Crippen LogP contribution in [0.2, 0.25) is 0 Å². The monoisotopic (exact) mass is 596 g/mol. The molecule has 42 heavy (non-hydrogen) atoms. The summed E-state index contributed by atoms with van der Waals surface area (Å²) in [6.07, 6.45) is 1.96. The van der Waals surface area contributed by atoms with E-state index in [-0.39, 0.29) is 41.3 Å². The van der Waals surface area contributed by atoms with E-state index in [9.17, 15) is 20.1 Å². The van der Waals surface area contributed by atoms with E-state index >= 15 is 0 Å². The van der Waals surface area contributed by atoms with E-state index in [1.54, 1.807) is 13.8 Å². The van der Waals surface area contributed by atoms with Gasteiger partial charge in [0.25, 0.3) is 0 Å². The van der Waals surface area contributed by atoms with Crippen molar-refractivity contribution in [2.45, 2.75) is 168 Å². The summed E-state index contributed by atoms with van der Waals surface area (Å²) in [7, 11) is 0. The molecular weight excluding hydrogens is 536 g/mol. The molecule has 0 aromatic carbocycles. The first-order chi connectivity index (χ1) is 19.5. The highest BCUT2D eigenvalue weighted by atomic mass is 16.8. The predicted molar refractivity (Wildman–Crippen MR) is 160 cm³/mol. The Kier molecular flexibility index (Phi) is 9.76. The van der Waals surface area contributed by atoms with Crippen molar-refractivity contribution in [3.05, 3.63) is 0 Å². The number of carbonyl (C=O) groups excluding carboxylic acids is 1. The molecule has 2 bridgehead atoms. The van der Waals surface area contributed by atoms with Gasteiger partial charge in [0.15, 0.2) is 5.79 Å². The molecule has 0 spiro atoms. The van der Waals surface area contributed by atoms with Crippen LogP contribution in [0.1, 0.15) is 115 Å². The first kappa shape index (κ1) is 34.3. The molecule has 0 unspecified atom stereocenters. The Morgan fingerprint density at radius 1 is 0.952 bits per heavy atom. The lowest BCUT2D eigenvalue weighted by atomic mass is 9.72. The molecule has 0 amide bonds. The van der Waals surface area contributed by atoms with Crippen LogP contribution in [-0.2, 0) is 23.7 Å². The fraction of sp³-hybridized carbons (Fsp3) is 0.971. The van der Waals surface area contributed by atoms with E-state index in [0.29, 0.717) is 12.8 Å². The number of carbonyl (C=O) groups is 1. The molecule has 4 fully saturated rings. The molecule has 8 nitrogen and oxygen atoms in total. The van der Waals surface area contributed by atoms with Crippen LogP contribution in [0.5, 0.6) is 0 Å². The Morgan fingerprint density at radius 3 is 2.14 bits per heavy atom. The third-order valence-corrected chi connectivity index (χ3v) is 12.1. The third kappa shape index (κ3) is 5.13. The smallest absolute Gasteiger partial charge is 0.201 e. The standard InChI is InChI=1S/C34H60O8/c1-12-23(27(36)20(7)26(35)21(8)30-22(9)28(37)24(13-2)32(11,38)41-30)29-18(5)16-31(10,40-29)34-19(6)17-33(15-4,42-34)25(14-3)39-34/h18-26,28-30,35,37-38H,12-17H2,1-11H3/t18-,19+,20-,21-,22-,23-,24+,25-,26+,28+,29-,30+,31-,32-,33+,34+/m0/s1. The Bertz CT molecular complexity index is 971. The molecule has 8 heteroatoms. The van der Waals surface area contributed by atoms with Crippen molar-refractivity contribution in [3.63, 3.8) is 0 Å². The fourth-order valence-electron chi connectivity index (χ4n) is 9.61. The summed E-state index contributed by atoms with van der Waals surface area (Å²) in [5.74, 6) is -4.36. The highest BCUT2D eigenvalue weighted by Crippen LogP contribution is 2.63. The molecule has 3 N–H and O–H groups in total. The van der Waals surface area contributed by atoms with Crippen LogP contribution in [0.3, 0.4) is 0 Å². The molecule has 4 saturated heterocycles. The number of ketones is 1. The number of fused-ring (bicyclic) bond motifs is 2. The van der Waals surface area contributed by atoms with Crippen LogP contribution >= 0.6 is 0 Å². The van der Waals surface area contributed by atoms with Crippen molar-refractivity contribution >= 4 is 5.78 Å². The summed E-state index contributed by atoms with van der Waals surface area (Å²) >= 11 is 0. The minimum Gasteiger partial charge on any atom is -0.392 e. The molecule has 0 aromatic heterocycles. The van der Waals surface area contributed by atoms with E-state index < -0.39 is 59.2 Å². The van der Waals surface area contributed by atoms with E-state index in [0.717, 1.165) is 25.7 Å². The normalized spacial score (nSPS) is 50.0. The summed E-state index contributed by atoms with van der Waals surface area (Å²) in [6.45, 7) is 21.8. The summed E-state index contributed by atoms with van der Waals surface area (Å²) in [5, 5.41) is 33.5. The molecule has 0 saturated carbocycles. The van der Waals surface area contributed by atoms with E-state index in [1.807, 2.05) is 27.7 Å². The predicted octanol–water partition coefficient (Wildman–Crippen LogP) is 5.24. The van der Waals surface area contributed by atoms with Crippen molar-refractivity contribution in [2.75, 3.05) is 0 Å². The Labute approximate surface area is 254 Å². The number of aliphatic hydroxyl groups is 3. The topological polar surface area (TPSA) is 115 Å². The summed E-state index contributed by atoms with van der Waals surface area (Å²) in [4.78, 5) is 14.1. The number of hydrogen-bond donors (Lipinski definition) is 3. The number of Topliss-reactive ketones (excluding diaryl/α,β-unsaturated/α-hetero) is 1. The molecule has 4 rings (SSSR count). The van der Waals surface area contributed by atoms with Gasteiger partial charge in [0.2, 0.25) is 5.79 Å².